The van der Waals surface area contributed by atoms with Crippen LogP contribution in [-0.4, -0.2) is 15.9 Å². The molecule has 2 N–H and O–H groups in total. The lowest BCUT2D eigenvalue weighted by Crippen LogP contribution is -2.12. The Morgan fingerprint density at radius 3 is 2.28 bits per heavy atom. The zero-order chi connectivity index (χ0) is 17.1. The van der Waals surface area contributed by atoms with Gasteiger partial charge < -0.3 is 9.72 Å². The van der Waals surface area contributed by atoms with E-state index in [0.29, 0.717) is 17.3 Å². The van der Waals surface area contributed by atoms with Crippen LogP contribution in [0.1, 0.15) is 10.4 Å². The molecular weight excluding hydrogens is 314 g/mol. The molecule has 1 aromatic heterocycles. The second kappa shape index (κ2) is 6.49. The molecule has 0 bridgehead atoms. The van der Waals surface area contributed by atoms with Gasteiger partial charge in [-0.3, -0.25) is 10.1 Å². The van der Waals surface area contributed by atoms with E-state index in [1.165, 1.54) is 0 Å². The normalized spacial score (nSPS) is 10.6. The monoisotopic (exact) mass is 329 g/mol. The lowest BCUT2D eigenvalue weighted by atomic mass is 10.2. The molecule has 1 amide bonds. The molecular formula is C20H15N3O2. The average Bonchev–Trinajstić information content (AvgIpc) is 3.05. The summed E-state index contributed by atoms with van der Waals surface area (Å²) < 4.78 is 5.72. The van der Waals surface area contributed by atoms with Crippen molar-refractivity contribution in [2.24, 2.45) is 0 Å². The lowest BCUT2D eigenvalue weighted by molar-refractivity contribution is 0.102. The Kier molecular flexibility index (Phi) is 3.88. The highest BCUT2D eigenvalue weighted by Gasteiger charge is 2.09. The van der Waals surface area contributed by atoms with Gasteiger partial charge in [-0.15, -0.1) is 0 Å². The lowest BCUT2D eigenvalue weighted by Gasteiger charge is -2.06. The Hall–Kier alpha value is -3.60. The summed E-state index contributed by atoms with van der Waals surface area (Å²) in [5.41, 5.74) is 2.22. The molecule has 0 aliphatic heterocycles. The largest absolute Gasteiger partial charge is 0.457 e. The minimum Gasteiger partial charge on any atom is -0.457 e. The van der Waals surface area contributed by atoms with Crippen molar-refractivity contribution < 1.29 is 9.53 Å². The number of carbonyl (C=O) groups is 1. The third-order valence-electron chi connectivity index (χ3n) is 3.72. The molecule has 0 unspecified atom stereocenters. The van der Waals surface area contributed by atoms with Crippen LogP contribution >= 0.6 is 0 Å². The number of hydrogen-bond donors (Lipinski definition) is 2. The van der Waals surface area contributed by atoms with Gasteiger partial charge in [0.1, 0.15) is 11.5 Å². The van der Waals surface area contributed by atoms with E-state index in [-0.39, 0.29) is 5.91 Å². The van der Waals surface area contributed by atoms with E-state index in [9.17, 15) is 4.79 Å². The van der Waals surface area contributed by atoms with Crippen LogP contribution in [-0.2, 0) is 0 Å². The van der Waals surface area contributed by atoms with Crippen molar-refractivity contribution in [2.45, 2.75) is 0 Å². The number of imidazole rings is 1. The number of nitrogens with one attached hydrogen (secondary N) is 2. The molecule has 1 heterocycles. The van der Waals surface area contributed by atoms with E-state index in [0.717, 1.165) is 16.8 Å². The van der Waals surface area contributed by atoms with Crippen LogP contribution in [0.3, 0.4) is 0 Å². The topological polar surface area (TPSA) is 67.0 Å². The fourth-order valence-electron chi connectivity index (χ4n) is 2.49. The van der Waals surface area contributed by atoms with Gasteiger partial charge in [-0.25, -0.2) is 4.98 Å². The molecule has 25 heavy (non-hydrogen) atoms. The van der Waals surface area contributed by atoms with Crippen molar-refractivity contribution in [1.29, 1.82) is 0 Å². The number of H-pyrrole nitrogens is 1. The molecule has 0 saturated heterocycles. The molecule has 0 aliphatic carbocycles. The van der Waals surface area contributed by atoms with E-state index in [4.69, 9.17) is 4.74 Å². The predicted molar refractivity (Wildman–Crippen MR) is 97.0 cm³/mol. The number of nitrogens with zero attached hydrogens (tertiary/aromatic N) is 1. The first kappa shape index (κ1) is 15.0. The molecule has 3 aromatic carbocycles. The minimum atomic E-state index is -0.231. The number of amides is 1. The molecule has 0 spiro atoms. The molecule has 122 valence electrons. The highest BCUT2D eigenvalue weighted by molar-refractivity contribution is 6.04. The number of rotatable bonds is 4. The molecule has 4 aromatic rings. The summed E-state index contributed by atoms with van der Waals surface area (Å²) in [4.78, 5) is 19.8. The zero-order valence-corrected chi connectivity index (χ0v) is 13.3. The SMILES string of the molecule is O=C(Nc1nc2ccccc2[nH]1)c1ccc(Oc2ccccc2)cc1. The van der Waals surface area contributed by atoms with E-state index in [1.54, 1.807) is 24.3 Å². The smallest absolute Gasteiger partial charge is 0.257 e. The fraction of sp³-hybridized carbons (Fsp3) is 0. The van der Waals surface area contributed by atoms with Crippen molar-refractivity contribution >= 4 is 22.9 Å². The fourth-order valence-corrected chi connectivity index (χ4v) is 2.49. The first-order chi connectivity index (χ1) is 12.3. The number of ether oxygens (including phenoxy) is 1. The highest BCUT2D eigenvalue weighted by atomic mass is 16.5. The van der Waals surface area contributed by atoms with Crippen molar-refractivity contribution in [3.63, 3.8) is 0 Å². The van der Waals surface area contributed by atoms with Gasteiger partial charge in [0, 0.05) is 5.56 Å². The van der Waals surface area contributed by atoms with Crippen LogP contribution < -0.4 is 10.1 Å². The summed E-state index contributed by atoms with van der Waals surface area (Å²) in [5.74, 6) is 1.62. The van der Waals surface area contributed by atoms with Gasteiger partial charge in [0.05, 0.1) is 11.0 Å². The number of benzene rings is 3. The first-order valence-corrected chi connectivity index (χ1v) is 7.87. The Labute approximate surface area is 144 Å². The number of fused-ring (bicyclic) bond motifs is 1. The first-order valence-electron chi connectivity index (χ1n) is 7.87. The summed E-state index contributed by atoms with van der Waals surface area (Å²) in [6.45, 7) is 0. The molecule has 0 saturated carbocycles. The standard InChI is InChI=1S/C20H15N3O2/c24-19(23-20-21-17-8-4-5-9-18(17)22-20)14-10-12-16(13-11-14)25-15-6-2-1-3-7-15/h1-13H,(H2,21,22,23,24). The highest BCUT2D eigenvalue weighted by Crippen LogP contribution is 2.21. The Balaban J connectivity index is 1.46. The van der Waals surface area contributed by atoms with Crippen LogP contribution in [0, 0.1) is 0 Å². The molecule has 5 nitrogen and oxygen atoms in total. The Morgan fingerprint density at radius 1 is 0.840 bits per heavy atom. The summed E-state index contributed by atoms with van der Waals surface area (Å²) >= 11 is 0. The summed E-state index contributed by atoms with van der Waals surface area (Å²) in [5, 5.41) is 2.77. The number of anilines is 1. The number of carbonyl (C=O) groups excluding carboxylic acids is 1. The van der Waals surface area contributed by atoms with Gasteiger partial charge in [-0.1, -0.05) is 30.3 Å². The van der Waals surface area contributed by atoms with Crippen molar-refractivity contribution in [3.8, 4) is 11.5 Å². The number of para-hydroxylation sites is 3. The van der Waals surface area contributed by atoms with Gasteiger partial charge in [0.25, 0.3) is 5.91 Å². The molecule has 0 fully saturated rings. The van der Waals surface area contributed by atoms with Gasteiger partial charge in [0.15, 0.2) is 0 Å². The Morgan fingerprint density at radius 2 is 1.52 bits per heavy atom. The van der Waals surface area contributed by atoms with Gasteiger partial charge in [0.2, 0.25) is 5.95 Å². The maximum Gasteiger partial charge on any atom is 0.257 e. The van der Waals surface area contributed by atoms with E-state index in [2.05, 4.69) is 15.3 Å². The minimum absolute atomic E-state index is 0.231. The van der Waals surface area contributed by atoms with E-state index in [1.807, 2.05) is 54.6 Å². The third kappa shape index (κ3) is 3.35. The number of aromatic nitrogens is 2. The summed E-state index contributed by atoms with van der Waals surface area (Å²) in [6, 6.07) is 24.1. The van der Waals surface area contributed by atoms with Gasteiger partial charge in [-0.2, -0.15) is 0 Å². The second-order valence-corrected chi connectivity index (χ2v) is 5.50. The van der Waals surface area contributed by atoms with Crippen molar-refractivity contribution in [2.75, 3.05) is 5.32 Å². The molecule has 4 rings (SSSR count). The maximum absolute atomic E-state index is 12.3. The van der Waals surface area contributed by atoms with Crippen LogP contribution in [0.4, 0.5) is 5.95 Å². The number of aromatic amines is 1. The van der Waals surface area contributed by atoms with Crippen molar-refractivity contribution in [1.82, 2.24) is 9.97 Å². The quantitative estimate of drug-likeness (QED) is 0.574. The number of hydrogen-bond acceptors (Lipinski definition) is 3. The maximum atomic E-state index is 12.3. The van der Waals surface area contributed by atoms with E-state index >= 15 is 0 Å². The predicted octanol–water partition coefficient (Wildman–Crippen LogP) is 4.61. The zero-order valence-electron chi connectivity index (χ0n) is 13.3. The summed E-state index contributed by atoms with van der Waals surface area (Å²) in [6.07, 6.45) is 0. The van der Waals surface area contributed by atoms with Crippen LogP contribution in [0.5, 0.6) is 11.5 Å². The molecule has 0 atom stereocenters. The second-order valence-electron chi connectivity index (χ2n) is 5.50. The van der Waals surface area contributed by atoms with Crippen LogP contribution in [0.25, 0.3) is 11.0 Å². The van der Waals surface area contributed by atoms with Crippen LogP contribution in [0.2, 0.25) is 0 Å². The van der Waals surface area contributed by atoms with Gasteiger partial charge in [-0.05, 0) is 48.5 Å². The van der Waals surface area contributed by atoms with Gasteiger partial charge >= 0.3 is 0 Å². The molecule has 5 heteroatoms. The van der Waals surface area contributed by atoms with E-state index < -0.39 is 0 Å². The van der Waals surface area contributed by atoms with Crippen molar-refractivity contribution in [3.05, 3.63) is 84.4 Å². The van der Waals surface area contributed by atoms with Crippen LogP contribution in [0.15, 0.2) is 78.9 Å². The molecule has 0 radical (unpaired) electrons. The third-order valence-corrected chi connectivity index (χ3v) is 3.72. The summed E-state index contributed by atoms with van der Waals surface area (Å²) in [7, 11) is 0. The molecule has 0 aliphatic rings. The Bertz CT molecular complexity index is 975. The average molecular weight is 329 g/mol.